The summed E-state index contributed by atoms with van der Waals surface area (Å²) in [5.74, 6) is -2.07. The summed E-state index contributed by atoms with van der Waals surface area (Å²) in [5, 5.41) is 4.39. The Morgan fingerprint density at radius 2 is 1.88 bits per heavy atom. The molecule has 1 atom stereocenters. The van der Waals surface area contributed by atoms with Gasteiger partial charge in [-0.25, -0.2) is 0 Å². The average molecular weight is 369 g/mol. The number of alkyl halides is 3. The molecule has 1 heterocycles. The number of carbonyl (C=O) groups excluding carboxylic acids is 3. The van der Waals surface area contributed by atoms with E-state index in [1.54, 1.807) is 12.1 Å². The molecule has 1 aromatic carbocycles. The van der Waals surface area contributed by atoms with Crippen molar-refractivity contribution in [3.63, 3.8) is 0 Å². The summed E-state index contributed by atoms with van der Waals surface area (Å²) in [6.45, 7) is 2.31. The zero-order valence-electron chi connectivity index (χ0n) is 13.8. The van der Waals surface area contributed by atoms with E-state index in [9.17, 15) is 27.6 Å². The first-order valence-electron chi connectivity index (χ1n) is 7.87. The number of halogens is 3. The van der Waals surface area contributed by atoms with Crippen molar-refractivity contribution >= 4 is 23.4 Å². The van der Waals surface area contributed by atoms with Crippen LogP contribution in [0.15, 0.2) is 36.9 Å². The molecule has 2 N–H and O–H groups in total. The minimum absolute atomic E-state index is 0.0669. The fraction of sp³-hybridized carbons (Fsp3) is 0.353. The van der Waals surface area contributed by atoms with Crippen LogP contribution < -0.4 is 10.6 Å². The van der Waals surface area contributed by atoms with Crippen LogP contribution in [0.4, 0.5) is 18.9 Å². The lowest BCUT2D eigenvalue weighted by atomic mass is 10.1. The van der Waals surface area contributed by atoms with Gasteiger partial charge in [-0.2, -0.15) is 13.2 Å². The molecule has 0 radical (unpaired) electrons. The SMILES string of the molecule is C=CC(=O)Nc1ccc(C(=O)N2CCC(C(=O)NCC(F)(F)F)C2)cc1. The Kier molecular flexibility index (Phi) is 6.01. The van der Waals surface area contributed by atoms with E-state index in [0.717, 1.165) is 6.08 Å². The molecule has 0 saturated carbocycles. The van der Waals surface area contributed by atoms with Crippen molar-refractivity contribution in [1.29, 1.82) is 0 Å². The van der Waals surface area contributed by atoms with Crippen molar-refractivity contribution in [2.24, 2.45) is 5.92 Å². The van der Waals surface area contributed by atoms with Gasteiger partial charge in [-0.1, -0.05) is 6.58 Å². The summed E-state index contributed by atoms with van der Waals surface area (Å²) in [4.78, 5) is 36.8. The molecule has 2 rings (SSSR count). The Labute approximate surface area is 148 Å². The van der Waals surface area contributed by atoms with Crippen LogP contribution in [0.3, 0.4) is 0 Å². The molecule has 0 bridgehead atoms. The van der Waals surface area contributed by atoms with E-state index in [4.69, 9.17) is 0 Å². The predicted molar refractivity (Wildman–Crippen MR) is 88.3 cm³/mol. The maximum absolute atomic E-state index is 12.4. The van der Waals surface area contributed by atoms with Crippen LogP contribution in [0.5, 0.6) is 0 Å². The van der Waals surface area contributed by atoms with E-state index < -0.39 is 24.5 Å². The van der Waals surface area contributed by atoms with Gasteiger partial charge in [0.05, 0.1) is 5.92 Å². The van der Waals surface area contributed by atoms with E-state index >= 15 is 0 Å². The standard InChI is InChI=1S/C17H18F3N3O3/c1-2-14(24)22-13-5-3-11(4-6-13)16(26)23-8-7-12(9-23)15(25)21-10-17(18,19)20/h2-6,12H,1,7-10H2,(H,21,25)(H,22,24). The number of carbonyl (C=O) groups is 3. The molecule has 140 valence electrons. The molecule has 6 nitrogen and oxygen atoms in total. The van der Waals surface area contributed by atoms with Crippen molar-refractivity contribution in [3.05, 3.63) is 42.5 Å². The molecule has 1 aliphatic rings. The van der Waals surface area contributed by atoms with Crippen molar-refractivity contribution in [2.75, 3.05) is 25.0 Å². The number of nitrogens with one attached hydrogen (secondary N) is 2. The van der Waals surface area contributed by atoms with Crippen LogP contribution in [-0.4, -0.2) is 48.4 Å². The second-order valence-corrected chi connectivity index (χ2v) is 5.84. The summed E-state index contributed by atoms with van der Waals surface area (Å²) in [6.07, 6.45) is -3.04. The van der Waals surface area contributed by atoms with E-state index in [0.29, 0.717) is 17.7 Å². The molecular formula is C17H18F3N3O3. The Morgan fingerprint density at radius 3 is 2.46 bits per heavy atom. The summed E-state index contributed by atoms with van der Waals surface area (Å²) in [7, 11) is 0. The Bertz CT molecular complexity index is 701. The highest BCUT2D eigenvalue weighted by atomic mass is 19.4. The van der Waals surface area contributed by atoms with Gasteiger partial charge >= 0.3 is 6.18 Å². The molecule has 1 saturated heterocycles. The Hall–Kier alpha value is -2.84. The lowest BCUT2D eigenvalue weighted by molar-refractivity contribution is -0.140. The smallest absolute Gasteiger partial charge is 0.347 e. The second-order valence-electron chi connectivity index (χ2n) is 5.84. The van der Waals surface area contributed by atoms with E-state index in [-0.39, 0.29) is 24.9 Å². The molecule has 1 aliphatic heterocycles. The van der Waals surface area contributed by atoms with Gasteiger partial charge in [0, 0.05) is 24.3 Å². The van der Waals surface area contributed by atoms with Gasteiger partial charge in [-0.3, -0.25) is 14.4 Å². The largest absolute Gasteiger partial charge is 0.405 e. The first-order valence-corrected chi connectivity index (χ1v) is 7.87. The topological polar surface area (TPSA) is 78.5 Å². The third kappa shape index (κ3) is 5.33. The molecule has 1 aromatic rings. The minimum atomic E-state index is -4.47. The number of benzene rings is 1. The van der Waals surface area contributed by atoms with Gasteiger partial charge in [0.2, 0.25) is 11.8 Å². The minimum Gasteiger partial charge on any atom is -0.347 e. The molecule has 1 unspecified atom stereocenters. The van der Waals surface area contributed by atoms with Crippen LogP contribution in [0.2, 0.25) is 0 Å². The third-order valence-corrected chi connectivity index (χ3v) is 3.89. The fourth-order valence-electron chi connectivity index (χ4n) is 2.56. The normalized spacial score (nSPS) is 16.9. The number of nitrogens with zero attached hydrogens (tertiary/aromatic N) is 1. The average Bonchev–Trinajstić information content (AvgIpc) is 3.09. The molecule has 0 aromatic heterocycles. The van der Waals surface area contributed by atoms with Crippen LogP contribution in [0, 0.1) is 5.92 Å². The fourth-order valence-corrected chi connectivity index (χ4v) is 2.56. The maximum Gasteiger partial charge on any atom is 0.405 e. The van der Waals surface area contributed by atoms with Gasteiger partial charge in [-0.15, -0.1) is 0 Å². The van der Waals surface area contributed by atoms with Crippen molar-refractivity contribution in [3.8, 4) is 0 Å². The number of likely N-dealkylation sites (tertiary alicyclic amines) is 1. The zero-order valence-corrected chi connectivity index (χ0v) is 13.8. The second kappa shape index (κ2) is 8.03. The van der Waals surface area contributed by atoms with Crippen LogP contribution in [0.25, 0.3) is 0 Å². The van der Waals surface area contributed by atoms with Gasteiger partial charge in [0.1, 0.15) is 6.54 Å². The lowest BCUT2D eigenvalue weighted by Crippen LogP contribution is -2.39. The number of rotatable bonds is 5. The Balaban J connectivity index is 1.91. The number of hydrogen-bond acceptors (Lipinski definition) is 3. The predicted octanol–water partition coefficient (Wildman–Crippen LogP) is 1.95. The molecule has 3 amide bonds. The summed E-state index contributed by atoms with van der Waals surface area (Å²) in [5.41, 5.74) is 0.857. The highest BCUT2D eigenvalue weighted by molar-refractivity contribution is 6.00. The number of anilines is 1. The first-order chi connectivity index (χ1) is 12.2. The summed E-state index contributed by atoms with van der Waals surface area (Å²) in [6, 6.07) is 6.16. The molecular weight excluding hydrogens is 351 g/mol. The number of amides is 3. The van der Waals surface area contributed by atoms with Gasteiger partial charge in [0.15, 0.2) is 0 Å². The molecule has 26 heavy (non-hydrogen) atoms. The van der Waals surface area contributed by atoms with Gasteiger partial charge in [0.25, 0.3) is 5.91 Å². The maximum atomic E-state index is 12.4. The van der Waals surface area contributed by atoms with E-state index in [2.05, 4.69) is 11.9 Å². The third-order valence-electron chi connectivity index (χ3n) is 3.89. The van der Waals surface area contributed by atoms with Crippen molar-refractivity contribution in [1.82, 2.24) is 10.2 Å². The molecule has 9 heteroatoms. The zero-order chi connectivity index (χ0) is 19.3. The quantitative estimate of drug-likeness (QED) is 0.779. The molecule has 0 aliphatic carbocycles. The number of hydrogen-bond donors (Lipinski definition) is 2. The van der Waals surface area contributed by atoms with Gasteiger partial charge < -0.3 is 15.5 Å². The van der Waals surface area contributed by atoms with Crippen LogP contribution in [-0.2, 0) is 9.59 Å². The van der Waals surface area contributed by atoms with E-state index in [1.807, 2.05) is 5.32 Å². The van der Waals surface area contributed by atoms with Crippen molar-refractivity contribution in [2.45, 2.75) is 12.6 Å². The first kappa shape index (κ1) is 19.5. The van der Waals surface area contributed by atoms with Gasteiger partial charge in [-0.05, 0) is 36.8 Å². The molecule has 1 fully saturated rings. The highest BCUT2D eigenvalue weighted by Gasteiger charge is 2.34. The molecule has 0 spiro atoms. The van der Waals surface area contributed by atoms with Crippen LogP contribution in [0.1, 0.15) is 16.8 Å². The summed E-state index contributed by atoms with van der Waals surface area (Å²) >= 11 is 0. The summed E-state index contributed by atoms with van der Waals surface area (Å²) < 4.78 is 36.5. The van der Waals surface area contributed by atoms with E-state index in [1.165, 1.54) is 17.0 Å². The Morgan fingerprint density at radius 1 is 1.23 bits per heavy atom. The highest BCUT2D eigenvalue weighted by Crippen LogP contribution is 2.21. The van der Waals surface area contributed by atoms with Crippen molar-refractivity contribution < 1.29 is 27.6 Å². The van der Waals surface area contributed by atoms with Crippen LogP contribution >= 0.6 is 0 Å². The monoisotopic (exact) mass is 369 g/mol. The lowest BCUT2D eigenvalue weighted by Gasteiger charge is -2.17.